The number of unbranched alkanes of at least 4 members (excludes halogenated alkanes) is 11. The van der Waals surface area contributed by atoms with E-state index in [1.807, 2.05) is 6.92 Å². The molecule has 0 aliphatic carbocycles. The predicted octanol–water partition coefficient (Wildman–Crippen LogP) is 8.30. The minimum atomic E-state index is -0.356. The molecular formula is C29H41Cl2N5O3. The number of aryl methyl sites for hydroxylation is 1. The molecule has 0 bridgehead atoms. The smallest absolute Gasteiger partial charge is 0.306 e. The van der Waals surface area contributed by atoms with E-state index in [1.165, 1.54) is 68.8 Å². The van der Waals surface area contributed by atoms with Crippen LogP contribution in [-0.4, -0.2) is 38.3 Å². The Morgan fingerprint density at radius 3 is 2.21 bits per heavy atom. The van der Waals surface area contributed by atoms with Gasteiger partial charge in [-0.15, -0.1) is 5.10 Å². The Bertz CT molecular complexity index is 1210. The second kappa shape index (κ2) is 16.5. The van der Waals surface area contributed by atoms with E-state index in [2.05, 4.69) is 27.4 Å². The number of aromatic nitrogens is 4. The van der Waals surface area contributed by atoms with Crippen molar-refractivity contribution >= 4 is 46.4 Å². The quantitative estimate of drug-likeness (QED) is 0.117. The fourth-order valence-corrected chi connectivity index (χ4v) is 4.81. The van der Waals surface area contributed by atoms with Crippen LogP contribution in [0.2, 0.25) is 10.0 Å². The molecule has 0 aliphatic heterocycles. The van der Waals surface area contributed by atoms with Crippen LogP contribution in [-0.2, 0) is 14.3 Å². The van der Waals surface area contributed by atoms with Gasteiger partial charge in [-0.1, -0.05) is 101 Å². The minimum absolute atomic E-state index is 0.0283. The molecule has 1 aromatic carbocycles. The molecule has 0 radical (unpaired) electrons. The first kappa shape index (κ1) is 31.0. The fourth-order valence-electron chi connectivity index (χ4n) is 4.42. The largest absolute Gasteiger partial charge is 0.466 e. The first-order chi connectivity index (χ1) is 18.9. The average Bonchev–Trinajstić information content (AvgIpc) is 3.45. The second-order valence-electron chi connectivity index (χ2n) is 10.1. The maximum absolute atomic E-state index is 12.3. The number of amides is 1. The number of benzene rings is 1. The topological polar surface area (TPSA) is 101 Å². The van der Waals surface area contributed by atoms with Crippen molar-refractivity contribution in [2.45, 2.75) is 104 Å². The van der Waals surface area contributed by atoms with E-state index >= 15 is 0 Å². The molecular weight excluding hydrogens is 537 g/mol. The molecule has 0 fully saturated rings. The highest BCUT2D eigenvalue weighted by Crippen LogP contribution is 2.29. The van der Waals surface area contributed by atoms with E-state index in [4.69, 9.17) is 27.9 Å². The van der Waals surface area contributed by atoms with Gasteiger partial charge >= 0.3 is 5.97 Å². The molecule has 1 amide bonds. The predicted molar refractivity (Wildman–Crippen MR) is 157 cm³/mol. The molecule has 2 N–H and O–H groups in total. The Morgan fingerprint density at radius 2 is 1.59 bits per heavy atom. The number of H-pyrrole nitrogens is 1. The third-order valence-corrected chi connectivity index (χ3v) is 7.49. The number of anilines is 1. The van der Waals surface area contributed by atoms with E-state index in [0.29, 0.717) is 39.4 Å². The number of aromatic amines is 1. The third-order valence-electron chi connectivity index (χ3n) is 6.72. The summed E-state index contributed by atoms with van der Waals surface area (Å²) in [5.41, 5.74) is 2.45. The number of carbonyl (C=O) groups excluding carboxylic acids is 2. The first-order valence-electron chi connectivity index (χ1n) is 14.2. The monoisotopic (exact) mass is 577 g/mol. The Labute approximate surface area is 241 Å². The molecule has 2 heterocycles. The number of carbonyl (C=O) groups is 2. The highest BCUT2D eigenvalue weighted by molar-refractivity contribution is 6.34. The van der Waals surface area contributed by atoms with E-state index in [-0.39, 0.29) is 24.7 Å². The first-order valence-corrected chi connectivity index (χ1v) is 15.0. The van der Waals surface area contributed by atoms with Crippen molar-refractivity contribution in [3.05, 3.63) is 33.9 Å². The lowest BCUT2D eigenvalue weighted by molar-refractivity contribution is -0.144. The third kappa shape index (κ3) is 10.2. The summed E-state index contributed by atoms with van der Waals surface area (Å²) in [6.07, 6.45) is 15.2. The summed E-state index contributed by atoms with van der Waals surface area (Å²) in [4.78, 5) is 28.8. The van der Waals surface area contributed by atoms with Gasteiger partial charge < -0.3 is 10.1 Å². The standard InChI is InChI=1S/C29H41Cl2N5O3/c1-3-4-5-6-7-8-9-10-11-12-13-14-19-39-26(38)18-17-25(37)32-24-16-15-22(20-23(24)30)28-33-29-27(31)21(2)34-36(29)35-28/h15-16,20,34H,3-14,17-19H2,1-2H3,(H,32,37). The zero-order valence-corrected chi connectivity index (χ0v) is 24.7. The molecule has 3 rings (SSSR count). The molecule has 0 aliphatic rings. The van der Waals surface area contributed by atoms with Gasteiger partial charge in [0.25, 0.3) is 0 Å². The van der Waals surface area contributed by atoms with Crippen LogP contribution in [0.5, 0.6) is 0 Å². The molecule has 0 atom stereocenters. The van der Waals surface area contributed by atoms with Gasteiger partial charge in [0.05, 0.1) is 29.4 Å². The molecule has 0 saturated carbocycles. The maximum atomic E-state index is 12.3. The number of esters is 1. The van der Waals surface area contributed by atoms with Crippen LogP contribution >= 0.6 is 23.2 Å². The molecule has 3 aromatic rings. The summed E-state index contributed by atoms with van der Waals surface area (Å²) < 4.78 is 6.79. The van der Waals surface area contributed by atoms with E-state index in [0.717, 1.165) is 18.5 Å². The second-order valence-corrected chi connectivity index (χ2v) is 10.9. The van der Waals surface area contributed by atoms with Crippen LogP contribution in [0.25, 0.3) is 17.0 Å². The molecule has 0 spiro atoms. The molecule has 2 aromatic heterocycles. The van der Waals surface area contributed by atoms with Crippen LogP contribution < -0.4 is 5.32 Å². The summed E-state index contributed by atoms with van der Waals surface area (Å²) in [7, 11) is 0. The number of hydrogen-bond acceptors (Lipinski definition) is 5. The maximum Gasteiger partial charge on any atom is 0.306 e. The van der Waals surface area contributed by atoms with Crippen molar-refractivity contribution in [3.63, 3.8) is 0 Å². The lowest BCUT2D eigenvalue weighted by Gasteiger charge is -2.08. The lowest BCUT2D eigenvalue weighted by Crippen LogP contribution is -2.15. The Hall–Kier alpha value is -2.58. The number of halogens is 2. The van der Waals surface area contributed by atoms with Gasteiger partial charge in [0.2, 0.25) is 5.91 Å². The molecule has 0 saturated heterocycles. The molecule has 10 heteroatoms. The van der Waals surface area contributed by atoms with Crippen molar-refractivity contribution < 1.29 is 14.3 Å². The summed E-state index contributed by atoms with van der Waals surface area (Å²) in [5, 5.41) is 11.0. The van der Waals surface area contributed by atoms with Gasteiger partial charge in [-0.05, 0) is 31.5 Å². The van der Waals surface area contributed by atoms with Gasteiger partial charge in [0, 0.05) is 12.0 Å². The fraction of sp³-hybridized carbons (Fsp3) is 0.586. The number of nitrogens with one attached hydrogen (secondary N) is 2. The number of nitrogens with zero attached hydrogens (tertiary/aromatic N) is 3. The summed E-state index contributed by atoms with van der Waals surface area (Å²) in [5.74, 6) is -0.202. The normalized spacial score (nSPS) is 11.3. The van der Waals surface area contributed by atoms with Crippen molar-refractivity contribution in [1.82, 2.24) is 19.8 Å². The van der Waals surface area contributed by atoms with Crippen molar-refractivity contribution in [3.8, 4) is 11.4 Å². The van der Waals surface area contributed by atoms with Gasteiger partial charge in [-0.2, -0.15) is 4.63 Å². The van der Waals surface area contributed by atoms with E-state index in [1.54, 1.807) is 18.2 Å². The summed E-state index contributed by atoms with van der Waals surface area (Å²) >= 11 is 12.6. The molecule has 214 valence electrons. The number of ether oxygens (including phenoxy) is 1. The average molecular weight is 579 g/mol. The number of rotatable bonds is 18. The van der Waals surface area contributed by atoms with Crippen LogP contribution in [0.1, 0.15) is 103 Å². The van der Waals surface area contributed by atoms with Gasteiger partial charge in [-0.3, -0.25) is 14.7 Å². The minimum Gasteiger partial charge on any atom is -0.466 e. The van der Waals surface area contributed by atoms with Crippen molar-refractivity contribution in [2.24, 2.45) is 0 Å². The molecule has 8 nitrogen and oxygen atoms in total. The summed E-state index contributed by atoms with van der Waals surface area (Å²) in [6, 6.07) is 5.12. The van der Waals surface area contributed by atoms with Gasteiger partial charge in [-0.25, -0.2) is 4.98 Å². The van der Waals surface area contributed by atoms with Crippen molar-refractivity contribution in [1.29, 1.82) is 0 Å². The van der Waals surface area contributed by atoms with Gasteiger partial charge in [0.15, 0.2) is 11.5 Å². The number of hydrogen-bond donors (Lipinski definition) is 2. The summed E-state index contributed by atoms with van der Waals surface area (Å²) in [6.45, 7) is 4.50. The van der Waals surface area contributed by atoms with Crippen LogP contribution in [0.3, 0.4) is 0 Å². The number of fused-ring (bicyclic) bond motifs is 1. The molecule has 39 heavy (non-hydrogen) atoms. The van der Waals surface area contributed by atoms with Crippen LogP contribution in [0, 0.1) is 6.92 Å². The lowest BCUT2D eigenvalue weighted by atomic mass is 10.1. The molecule has 0 unspecified atom stereocenters. The van der Waals surface area contributed by atoms with Crippen LogP contribution in [0.15, 0.2) is 18.2 Å². The SMILES string of the molecule is CCCCCCCCCCCCCCOC(=O)CCC(=O)Nc1ccc(-c2nc3c(Cl)c(C)[nH]n3n2)cc1Cl. The Balaban J connectivity index is 1.26. The zero-order valence-electron chi connectivity index (χ0n) is 23.2. The Morgan fingerprint density at radius 1 is 0.949 bits per heavy atom. The Kier molecular flexibility index (Phi) is 13.1. The van der Waals surface area contributed by atoms with Crippen LogP contribution in [0.4, 0.5) is 5.69 Å². The van der Waals surface area contributed by atoms with Gasteiger partial charge in [0.1, 0.15) is 5.02 Å². The zero-order chi connectivity index (χ0) is 28.0. The van der Waals surface area contributed by atoms with E-state index < -0.39 is 0 Å². The van der Waals surface area contributed by atoms with Crippen molar-refractivity contribution in [2.75, 3.05) is 11.9 Å². The van der Waals surface area contributed by atoms with E-state index in [9.17, 15) is 9.59 Å². The highest BCUT2D eigenvalue weighted by atomic mass is 35.5. The highest BCUT2D eigenvalue weighted by Gasteiger charge is 2.15.